The molecule has 0 saturated carbocycles. The molecule has 1 aliphatic rings. The number of benzene rings is 2. The van der Waals surface area contributed by atoms with E-state index in [0.29, 0.717) is 5.58 Å². The Labute approximate surface area is 140 Å². The van der Waals surface area contributed by atoms with Crippen LogP contribution in [0.2, 0.25) is 0 Å². The first-order valence-corrected chi connectivity index (χ1v) is 8.31. The summed E-state index contributed by atoms with van der Waals surface area (Å²) in [6.45, 7) is 5.82. The lowest BCUT2D eigenvalue weighted by Crippen LogP contribution is -2.47. The third kappa shape index (κ3) is 2.64. The third-order valence-electron chi connectivity index (χ3n) is 4.70. The van der Waals surface area contributed by atoms with Crippen LogP contribution in [-0.4, -0.2) is 26.2 Å². The second kappa shape index (κ2) is 6.04. The molecule has 0 radical (unpaired) electrons. The van der Waals surface area contributed by atoms with Crippen molar-refractivity contribution in [2.45, 2.75) is 6.92 Å². The molecule has 1 aromatic heterocycles. The van der Waals surface area contributed by atoms with Crippen LogP contribution in [0.4, 0.5) is 11.4 Å². The molecule has 0 aliphatic carbocycles. The van der Waals surface area contributed by atoms with Crippen molar-refractivity contribution in [2.24, 2.45) is 0 Å². The van der Waals surface area contributed by atoms with E-state index in [0.717, 1.165) is 37.3 Å². The van der Waals surface area contributed by atoms with E-state index in [1.807, 2.05) is 24.3 Å². The standard InChI is InChI=1S/C20H20N2O2/c1-15-6-2-4-8-17(15)21-10-12-22(13-11-21)18-14-20(23)24-19-9-5-3-7-16(18)19/h2-9,14H,10-13H2,1H3. The predicted octanol–water partition coefficient (Wildman–Crippen LogP) is 3.43. The van der Waals surface area contributed by atoms with E-state index < -0.39 is 0 Å². The minimum Gasteiger partial charge on any atom is -0.423 e. The molecule has 2 heterocycles. The van der Waals surface area contributed by atoms with Crippen molar-refractivity contribution >= 4 is 22.3 Å². The van der Waals surface area contributed by atoms with Gasteiger partial charge in [0, 0.05) is 43.3 Å². The van der Waals surface area contributed by atoms with Gasteiger partial charge < -0.3 is 14.2 Å². The molecule has 3 aromatic rings. The van der Waals surface area contributed by atoms with Crippen LogP contribution in [0.15, 0.2) is 63.8 Å². The van der Waals surface area contributed by atoms with Gasteiger partial charge in [-0.3, -0.25) is 0 Å². The molecule has 122 valence electrons. The number of hydrogen-bond acceptors (Lipinski definition) is 4. The normalized spacial score (nSPS) is 15.0. The summed E-state index contributed by atoms with van der Waals surface area (Å²) in [5, 5.41) is 1.00. The van der Waals surface area contributed by atoms with Gasteiger partial charge >= 0.3 is 5.63 Å². The minimum absolute atomic E-state index is 0.287. The van der Waals surface area contributed by atoms with Gasteiger partial charge in [0.2, 0.25) is 0 Å². The van der Waals surface area contributed by atoms with Gasteiger partial charge in [-0.1, -0.05) is 30.3 Å². The smallest absolute Gasteiger partial charge is 0.338 e. The Morgan fingerprint density at radius 1 is 0.833 bits per heavy atom. The number of para-hydroxylation sites is 2. The maximum absolute atomic E-state index is 11.9. The van der Waals surface area contributed by atoms with Crippen molar-refractivity contribution < 1.29 is 4.42 Å². The van der Waals surface area contributed by atoms with Gasteiger partial charge in [0.15, 0.2) is 0 Å². The average Bonchev–Trinajstić information content (AvgIpc) is 2.62. The van der Waals surface area contributed by atoms with Crippen LogP contribution in [-0.2, 0) is 0 Å². The lowest BCUT2D eigenvalue weighted by Gasteiger charge is -2.38. The number of aryl methyl sites for hydroxylation is 1. The van der Waals surface area contributed by atoms with E-state index in [9.17, 15) is 4.79 Å². The first-order valence-electron chi connectivity index (χ1n) is 8.31. The van der Waals surface area contributed by atoms with E-state index in [-0.39, 0.29) is 5.63 Å². The average molecular weight is 320 g/mol. The van der Waals surface area contributed by atoms with Crippen molar-refractivity contribution in [3.63, 3.8) is 0 Å². The van der Waals surface area contributed by atoms with Crippen molar-refractivity contribution in [1.29, 1.82) is 0 Å². The van der Waals surface area contributed by atoms with Crippen LogP contribution in [0.25, 0.3) is 11.0 Å². The van der Waals surface area contributed by atoms with Crippen LogP contribution < -0.4 is 15.4 Å². The Bertz CT molecular complexity index is 924. The van der Waals surface area contributed by atoms with Gasteiger partial charge in [-0.15, -0.1) is 0 Å². The predicted molar refractivity (Wildman–Crippen MR) is 98.1 cm³/mol. The molecule has 0 spiro atoms. The lowest BCUT2D eigenvalue weighted by atomic mass is 10.1. The summed E-state index contributed by atoms with van der Waals surface area (Å²) in [4.78, 5) is 16.6. The summed E-state index contributed by atoms with van der Waals surface area (Å²) in [5.41, 5.74) is 3.95. The molecule has 1 aliphatic heterocycles. The lowest BCUT2D eigenvalue weighted by molar-refractivity contribution is 0.559. The largest absolute Gasteiger partial charge is 0.423 e. The highest BCUT2D eigenvalue weighted by atomic mass is 16.4. The van der Waals surface area contributed by atoms with Crippen molar-refractivity contribution in [3.05, 3.63) is 70.6 Å². The number of anilines is 2. The maximum Gasteiger partial charge on any atom is 0.338 e. The summed E-state index contributed by atoms with van der Waals surface area (Å²) in [7, 11) is 0. The minimum atomic E-state index is -0.287. The van der Waals surface area contributed by atoms with Crippen LogP contribution in [0.1, 0.15) is 5.56 Å². The first-order chi connectivity index (χ1) is 11.7. The topological polar surface area (TPSA) is 36.7 Å². The summed E-state index contributed by atoms with van der Waals surface area (Å²) in [5.74, 6) is 0. The molecule has 24 heavy (non-hydrogen) atoms. The van der Waals surface area contributed by atoms with Crippen LogP contribution in [0, 0.1) is 6.92 Å². The van der Waals surface area contributed by atoms with Crippen molar-refractivity contribution in [1.82, 2.24) is 0 Å². The van der Waals surface area contributed by atoms with E-state index in [1.54, 1.807) is 6.07 Å². The first kappa shape index (κ1) is 14.8. The fraction of sp³-hybridized carbons (Fsp3) is 0.250. The Balaban J connectivity index is 1.61. The van der Waals surface area contributed by atoms with Gasteiger partial charge in [0.25, 0.3) is 0 Å². The molecule has 0 N–H and O–H groups in total. The van der Waals surface area contributed by atoms with Gasteiger partial charge in [0.05, 0.1) is 5.69 Å². The molecule has 0 unspecified atom stereocenters. The molecule has 0 bridgehead atoms. The molecule has 0 amide bonds. The van der Waals surface area contributed by atoms with E-state index in [1.165, 1.54) is 11.3 Å². The number of rotatable bonds is 2. The fourth-order valence-corrected chi connectivity index (χ4v) is 3.46. The summed E-state index contributed by atoms with van der Waals surface area (Å²) in [6.07, 6.45) is 0. The molecule has 4 heteroatoms. The molecule has 0 atom stereocenters. The fourth-order valence-electron chi connectivity index (χ4n) is 3.46. The van der Waals surface area contributed by atoms with Gasteiger partial charge in [-0.2, -0.15) is 0 Å². The zero-order valence-corrected chi connectivity index (χ0v) is 13.7. The Morgan fingerprint density at radius 3 is 2.21 bits per heavy atom. The van der Waals surface area contributed by atoms with Gasteiger partial charge in [0.1, 0.15) is 5.58 Å². The van der Waals surface area contributed by atoms with Crippen LogP contribution in [0.5, 0.6) is 0 Å². The summed E-state index contributed by atoms with van der Waals surface area (Å²) < 4.78 is 5.31. The Hall–Kier alpha value is -2.75. The Morgan fingerprint density at radius 2 is 1.46 bits per heavy atom. The molecule has 1 fully saturated rings. The van der Waals surface area contributed by atoms with Gasteiger partial charge in [-0.05, 0) is 30.7 Å². The van der Waals surface area contributed by atoms with Gasteiger partial charge in [-0.25, -0.2) is 4.79 Å². The SMILES string of the molecule is Cc1ccccc1N1CCN(c2cc(=O)oc3ccccc23)CC1. The highest BCUT2D eigenvalue weighted by molar-refractivity contribution is 5.90. The molecular formula is C20H20N2O2. The second-order valence-corrected chi connectivity index (χ2v) is 6.21. The highest BCUT2D eigenvalue weighted by Crippen LogP contribution is 2.27. The molecule has 1 saturated heterocycles. The number of fused-ring (bicyclic) bond motifs is 1. The summed E-state index contributed by atoms with van der Waals surface area (Å²) in [6, 6.07) is 17.8. The van der Waals surface area contributed by atoms with Crippen molar-refractivity contribution in [2.75, 3.05) is 36.0 Å². The molecule has 4 rings (SSSR count). The number of piperazine rings is 1. The Kier molecular flexibility index (Phi) is 3.73. The zero-order chi connectivity index (χ0) is 16.5. The zero-order valence-electron chi connectivity index (χ0n) is 13.7. The monoisotopic (exact) mass is 320 g/mol. The van der Waals surface area contributed by atoms with Crippen molar-refractivity contribution in [3.8, 4) is 0 Å². The highest BCUT2D eigenvalue weighted by Gasteiger charge is 2.20. The third-order valence-corrected chi connectivity index (χ3v) is 4.70. The maximum atomic E-state index is 11.9. The molecular weight excluding hydrogens is 300 g/mol. The molecule has 4 nitrogen and oxygen atoms in total. The van der Waals surface area contributed by atoms with Crippen LogP contribution in [0.3, 0.4) is 0 Å². The number of nitrogens with zero attached hydrogens (tertiary/aromatic N) is 2. The second-order valence-electron chi connectivity index (χ2n) is 6.21. The van der Waals surface area contributed by atoms with E-state index in [4.69, 9.17) is 4.42 Å². The van der Waals surface area contributed by atoms with Crippen LogP contribution >= 0.6 is 0 Å². The summed E-state index contributed by atoms with van der Waals surface area (Å²) >= 11 is 0. The van der Waals surface area contributed by atoms with E-state index in [2.05, 4.69) is 41.0 Å². The quantitative estimate of drug-likeness (QED) is 0.678. The molecule has 2 aromatic carbocycles. The van der Waals surface area contributed by atoms with E-state index >= 15 is 0 Å². The number of hydrogen-bond donors (Lipinski definition) is 0.